The van der Waals surface area contributed by atoms with Crippen molar-refractivity contribution >= 4 is 22.1 Å². The summed E-state index contributed by atoms with van der Waals surface area (Å²) in [5, 5.41) is 15.7. The second kappa shape index (κ2) is 4.60. The van der Waals surface area contributed by atoms with Crippen LogP contribution in [0.3, 0.4) is 0 Å². The lowest BCUT2D eigenvalue weighted by Gasteiger charge is -2.13. The molecule has 94 valence electrons. The van der Waals surface area contributed by atoms with Crippen LogP contribution in [0.5, 0.6) is 0 Å². The number of nitro groups is 1. The molecule has 0 spiro atoms. The topological polar surface area (TPSA) is 68.1 Å². The number of fused-ring (bicyclic) bond motifs is 1. The number of benzene rings is 1. The van der Waals surface area contributed by atoms with E-state index in [1.54, 1.807) is 12.3 Å². The second-order valence-electron chi connectivity index (χ2n) is 4.56. The number of pyridine rings is 1. The molecule has 0 aliphatic rings. The standard InChI is InChI=1S/C13H15N3O2/c1-8(2)15-12-4-5-13(16(17)18)11-7-14-9(3)6-10(11)12/h4-8,15H,1-3H3. The lowest BCUT2D eigenvalue weighted by atomic mass is 10.1. The molecule has 0 saturated heterocycles. The molecule has 0 amide bonds. The smallest absolute Gasteiger partial charge is 0.278 e. The van der Waals surface area contributed by atoms with E-state index in [1.165, 1.54) is 6.07 Å². The van der Waals surface area contributed by atoms with E-state index in [9.17, 15) is 10.1 Å². The van der Waals surface area contributed by atoms with Gasteiger partial charge >= 0.3 is 0 Å². The second-order valence-corrected chi connectivity index (χ2v) is 4.56. The number of hydrogen-bond donors (Lipinski definition) is 1. The number of aryl methyl sites for hydroxylation is 1. The number of aromatic nitrogens is 1. The Kier molecular flexibility index (Phi) is 3.14. The third-order valence-electron chi connectivity index (χ3n) is 2.66. The molecule has 18 heavy (non-hydrogen) atoms. The van der Waals surface area contributed by atoms with Crippen molar-refractivity contribution in [1.29, 1.82) is 0 Å². The van der Waals surface area contributed by atoms with Gasteiger partial charge in [-0.15, -0.1) is 0 Å². The lowest BCUT2D eigenvalue weighted by molar-refractivity contribution is -0.383. The van der Waals surface area contributed by atoms with Gasteiger partial charge in [0, 0.05) is 35.1 Å². The van der Waals surface area contributed by atoms with Crippen molar-refractivity contribution in [1.82, 2.24) is 4.98 Å². The van der Waals surface area contributed by atoms with Gasteiger partial charge in [0.1, 0.15) is 0 Å². The number of nitrogens with one attached hydrogen (secondary N) is 1. The fourth-order valence-corrected chi connectivity index (χ4v) is 1.92. The van der Waals surface area contributed by atoms with Crippen LogP contribution in [0.2, 0.25) is 0 Å². The summed E-state index contributed by atoms with van der Waals surface area (Å²) in [5.74, 6) is 0. The number of non-ortho nitro benzene ring substituents is 1. The van der Waals surface area contributed by atoms with Gasteiger partial charge in [0.05, 0.1) is 10.3 Å². The molecule has 0 radical (unpaired) electrons. The van der Waals surface area contributed by atoms with E-state index in [0.29, 0.717) is 5.39 Å². The Morgan fingerprint density at radius 1 is 1.33 bits per heavy atom. The maximum atomic E-state index is 11.0. The van der Waals surface area contributed by atoms with Gasteiger partial charge < -0.3 is 5.32 Å². The first-order valence-electron chi connectivity index (χ1n) is 5.79. The van der Waals surface area contributed by atoms with Crippen LogP contribution in [0.4, 0.5) is 11.4 Å². The number of anilines is 1. The van der Waals surface area contributed by atoms with E-state index >= 15 is 0 Å². The first-order valence-corrected chi connectivity index (χ1v) is 5.79. The summed E-state index contributed by atoms with van der Waals surface area (Å²) in [6.07, 6.45) is 1.56. The predicted octanol–water partition coefficient (Wildman–Crippen LogP) is 3.27. The molecule has 2 aromatic rings. The highest BCUT2D eigenvalue weighted by molar-refractivity contribution is 5.99. The minimum absolute atomic E-state index is 0.0896. The van der Waals surface area contributed by atoms with E-state index in [2.05, 4.69) is 10.3 Å². The maximum Gasteiger partial charge on any atom is 0.278 e. The monoisotopic (exact) mass is 245 g/mol. The van der Waals surface area contributed by atoms with Crippen molar-refractivity contribution in [2.24, 2.45) is 0 Å². The van der Waals surface area contributed by atoms with Gasteiger partial charge in [0.2, 0.25) is 0 Å². The van der Waals surface area contributed by atoms with E-state index in [0.717, 1.165) is 16.8 Å². The minimum Gasteiger partial charge on any atom is -0.382 e. The Labute approximate surface area is 105 Å². The molecule has 0 aliphatic heterocycles. The summed E-state index contributed by atoms with van der Waals surface area (Å²) in [6.45, 7) is 5.93. The summed E-state index contributed by atoms with van der Waals surface area (Å²) in [4.78, 5) is 14.8. The van der Waals surface area contributed by atoms with Gasteiger partial charge in [-0.1, -0.05) is 0 Å². The van der Waals surface area contributed by atoms with Crippen LogP contribution in [-0.4, -0.2) is 15.9 Å². The normalized spacial score (nSPS) is 10.9. The molecule has 0 fully saturated rings. The van der Waals surface area contributed by atoms with Gasteiger partial charge in [-0.3, -0.25) is 15.1 Å². The lowest BCUT2D eigenvalue weighted by Crippen LogP contribution is -2.10. The Balaban J connectivity index is 2.71. The molecule has 1 aromatic heterocycles. The Hall–Kier alpha value is -2.17. The zero-order valence-corrected chi connectivity index (χ0v) is 10.6. The van der Waals surface area contributed by atoms with Crippen LogP contribution in [0, 0.1) is 17.0 Å². The highest BCUT2D eigenvalue weighted by Gasteiger charge is 2.15. The SMILES string of the molecule is Cc1cc2c(NC(C)C)ccc([N+](=O)[O-])c2cn1. The number of nitro benzene ring substituents is 1. The maximum absolute atomic E-state index is 11.0. The molecule has 0 atom stereocenters. The van der Waals surface area contributed by atoms with Gasteiger partial charge in [-0.05, 0) is 32.9 Å². The number of rotatable bonds is 3. The third kappa shape index (κ3) is 2.25. The quantitative estimate of drug-likeness (QED) is 0.665. The molecular weight excluding hydrogens is 230 g/mol. The minimum atomic E-state index is -0.376. The average molecular weight is 245 g/mol. The zero-order valence-electron chi connectivity index (χ0n) is 10.6. The molecule has 1 aromatic carbocycles. The predicted molar refractivity (Wildman–Crippen MR) is 71.9 cm³/mol. The van der Waals surface area contributed by atoms with Crippen LogP contribution in [0.15, 0.2) is 24.4 Å². The molecule has 0 saturated carbocycles. The first kappa shape index (κ1) is 12.3. The van der Waals surface area contributed by atoms with Gasteiger partial charge in [0.15, 0.2) is 0 Å². The van der Waals surface area contributed by atoms with Crippen LogP contribution >= 0.6 is 0 Å². The largest absolute Gasteiger partial charge is 0.382 e. The molecule has 1 heterocycles. The van der Waals surface area contributed by atoms with Crippen LogP contribution in [0.25, 0.3) is 10.8 Å². The summed E-state index contributed by atoms with van der Waals surface area (Å²) in [5.41, 5.74) is 1.83. The van der Waals surface area contributed by atoms with E-state index in [-0.39, 0.29) is 16.7 Å². The van der Waals surface area contributed by atoms with Gasteiger partial charge in [-0.25, -0.2) is 0 Å². The summed E-state index contributed by atoms with van der Waals surface area (Å²) >= 11 is 0. The first-order chi connectivity index (χ1) is 8.49. The Morgan fingerprint density at radius 2 is 2.06 bits per heavy atom. The third-order valence-corrected chi connectivity index (χ3v) is 2.66. The Morgan fingerprint density at radius 3 is 2.67 bits per heavy atom. The van der Waals surface area contributed by atoms with Gasteiger partial charge in [-0.2, -0.15) is 0 Å². The molecule has 5 heteroatoms. The molecular formula is C13H15N3O2. The van der Waals surface area contributed by atoms with Crippen molar-refractivity contribution in [3.05, 3.63) is 40.2 Å². The van der Waals surface area contributed by atoms with Gasteiger partial charge in [0.25, 0.3) is 5.69 Å². The number of hydrogen-bond acceptors (Lipinski definition) is 4. The van der Waals surface area contributed by atoms with Crippen molar-refractivity contribution in [2.75, 3.05) is 5.32 Å². The zero-order chi connectivity index (χ0) is 13.3. The van der Waals surface area contributed by atoms with Crippen molar-refractivity contribution in [2.45, 2.75) is 26.8 Å². The average Bonchev–Trinajstić information content (AvgIpc) is 2.28. The van der Waals surface area contributed by atoms with E-state index in [4.69, 9.17) is 0 Å². The van der Waals surface area contributed by atoms with Crippen LogP contribution < -0.4 is 5.32 Å². The number of nitrogens with zero attached hydrogens (tertiary/aromatic N) is 2. The fourth-order valence-electron chi connectivity index (χ4n) is 1.92. The van der Waals surface area contributed by atoms with Crippen molar-refractivity contribution in [3.8, 4) is 0 Å². The van der Waals surface area contributed by atoms with Crippen molar-refractivity contribution in [3.63, 3.8) is 0 Å². The molecule has 0 unspecified atom stereocenters. The highest BCUT2D eigenvalue weighted by atomic mass is 16.6. The summed E-state index contributed by atoms with van der Waals surface area (Å²) < 4.78 is 0. The molecule has 5 nitrogen and oxygen atoms in total. The fraction of sp³-hybridized carbons (Fsp3) is 0.308. The molecule has 0 aliphatic carbocycles. The van der Waals surface area contributed by atoms with E-state index < -0.39 is 0 Å². The van der Waals surface area contributed by atoms with Crippen LogP contribution in [-0.2, 0) is 0 Å². The molecule has 2 rings (SSSR count). The highest BCUT2D eigenvalue weighted by Crippen LogP contribution is 2.31. The van der Waals surface area contributed by atoms with E-state index in [1.807, 2.05) is 26.8 Å². The summed E-state index contributed by atoms with van der Waals surface area (Å²) in [6, 6.07) is 5.40. The summed E-state index contributed by atoms with van der Waals surface area (Å²) in [7, 11) is 0. The Bertz CT molecular complexity index is 608. The van der Waals surface area contributed by atoms with Crippen molar-refractivity contribution < 1.29 is 4.92 Å². The van der Waals surface area contributed by atoms with Crippen LogP contribution in [0.1, 0.15) is 19.5 Å². The molecule has 0 bridgehead atoms. The molecule has 1 N–H and O–H groups in total.